The fraction of sp³-hybridized carbons (Fsp3) is 0.854. The highest BCUT2D eigenvalue weighted by molar-refractivity contribution is 5.76. The van der Waals surface area contributed by atoms with Gasteiger partial charge in [-0.15, -0.1) is 0 Å². The molecule has 0 aromatic rings. The minimum atomic E-state index is -0.654. The summed E-state index contributed by atoms with van der Waals surface area (Å²) in [4.78, 5) is 12.3. The topological polar surface area (TPSA) is 69.6 Å². The number of unbranched alkanes of at least 4 members (excludes halogenated alkanes) is 29. The van der Waals surface area contributed by atoms with Crippen LogP contribution in [0.15, 0.2) is 36.5 Å². The van der Waals surface area contributed by atoms with Crippen molar-refractivity contribution in [2.45, 2.75) is 257 Å². The molecular weight excluding hydrogens is 639 g/mol. The molecule has 3 N–H and O–H groups in total. The summed E-state index contributed by atoms with van der Waals surface area (Å²) in [7, 11) is 0. The predicted molar refractivity (Wildman–Crippen MR) is 230 cm³/mol. The Hall–Kier alpha value is -1.39. The Kier molecular flexibility index (Phi) is 42.8. The second kappa shape index (κ2) is 44.0. The number of nitrogens with one attached hydrogen (secondary N) is 1. The molecule has 52 heavy (non-hydrogen) atoms. The van der Waals surface area contributed by atoms with E-state index in [0.717, 1.165) is 38.5 Å². The summed E-state index contributed by atoms with van der Waals surface area (Å²) < 4.78 is 0. The van der Waals surface area contributed by atoms with Gasteiger partial charge in [-0.3, -0.25) is 4.79 Å². The van der Waals surface area contributed by atoms with Crippen LogP contribution in [0, 0.1) is 0 Å². The third-order valence-electron chi connectivity index (χ3n) is 10.7. The Morgan fingerprint density at radius 2 is 0.788 bits per heavy atom. The van der Waals surface area contributed by atoms with Gasteiger partial charge in [0.25, 0.3) is 0 Å². The van der Waals surface area contributed by atoms with E-state index in [1.807, 2.05) is 0 Å². The number of aliphatic hydroxyl groups is 2. The number of carbonyl (C=O) groups is 1. The summed E-state index contributed by atoms with van der Waals surface area (Å²) in [5.74, 6) is -0.0340. The standard InChI is InChI=1S/C48H91NO3/c1-3-5-7-9-11-12-13-14-15-16-17-18-19-20-21-22-23-24-25-26-27-28-29-30-31-32-33-34-35-36-38-40-42-44-48(52)49-46(45-50)47(51)43-41-39-37-10-8-6-4-2/h13-14,16-17,19-20,46-47,50-51H,3-12,15,18,21-45H2,1-2H3,(H,49,52)/b14-13-,17-16-,20-19-. The summed E-state index contributed by atoms with van der Waals surface area (Å²) in [6.45, 7) is 4.31. The van der Waals surface area contributed by atoms with Crippen molar-refractivity contribution in [2.75, 3.05) is 6.61 Å². The van der Waals surface area contributed by atoms with Crippen molar-refractivity contribution in [3.8, 4) is 0 Å². The lowest BCUT2D eigenvalue weighted by molar-refractivity contribution is -0.123. The molecule has 0 bridgehead atoms. The Labute approximate surface area is 325 Å². The van der Waals surface area contributed by atoms with E-state index in [4.69, 9.17) is 0 Å². The SMILES string of the molecule is CCCCCCC/C=C\C/C=C\C/C=C\CCCCCCCCCCCCCCCCCCCCC(=O)NC(CO)C(O)CCCCCCCCC. The van der Waals surface area contributed by atoms with Gasteiger partial charge in [0.1, 0.15) is 0 Å². The molecule has 0 saturated heterocycles. The van der Waals surface area contributed by atoms with Crippen LogP contribution >= 0.6 is 0 Å². The molecule has 0 aliphatic rings. The van der Waals surface area contributed by atoms with Crippen molar-refractivity contribution in [1.29, 1.82) is 0 Å². The highest BCUT2D eigenvalue weighted by Crippen LogP contribution is 2.16. The molecule has 0 saturated carbocycles. The van der Waals surface area contributed by atoms with E-state index in [0.29, 0.717) is 12.8 Å². The lowest BCUT2D eigenvalue weighted by Crippen LogP contribution is -2.45. The van der Waals surface area contributed by atoms with Gasteiger partial charge in [-0.1, -0.05) is 224 Å². The number of hydrogen-bond donors (Lipinski definition) is 3. The maximum absolute atomic E-state index is 12.3. The molecular formula is C48H91NO3. The molecule has 0 spiro atoms. The zero-order chi connectivity index (χ0) is 37.8. The smallest absolute Gasteiger partial charge is 0.220 e. The number of aliphatic hydroxyl groups excluding tert-OH is 2. The highest BCUT2D eigenvalue weighted by atomic mass is 16.3. The van der Waals surface area contributed by atoms with Gasteiger partial charge in [-0.2, -0.15) is 0 Å². The quantitative estimate of drug-likeness (QED) is 0.0433. The van der Waals surface area contributed by atoms with Gasteiger partial charge in [0, 0.05) is 6.42 Å². The minimum Gasteiger partial charge on any atom is -0.394 e. The van der Waals surface area contributed by atoms with E-state index in [2.05, 4.69) is 55.6 Å². The van der Waals surface area contributed by atoms with E-state index in [1.165, 1.54) is 180 Å². The van der Waals surface area contributed by atoms with Crippen LogP contribution in [0.1, 0.15) is 245 Å². The zero-order valence-corrected chi connectivity index (χ0v) is 35.1. The molecule has 4 heteroatoms. The first-order valence-corrected chi connectivity index (χ1v) is 23.2. The van der Waals surface area contributed by atoms with Crippen LogP contribution in [0.3, 0.4) is 0 Å². The number of amides is 1. The van der Waals surface area contributed by atoms with Crippen LogP contribution < -0.4 is 5.32 Å². The van der Waals surface area contributed by atoms with Crippen molar-refractivity contribution in [3.63, 3.8) is 0 Å². The molecule has 0 aliphatic heterocycles. The Balaban J connectivity index is 3.38. The molecule has 1 amide bonds. The maximum atomic E-state index is 12.3. The van der Waals surface area contributed by atoms with Crippen molar-refractivity contribution in [3.05, 3.63) is 36.5 Å². The largest absolute Gasteiger partial charge is 0.394 e. The maximum Gasteiger partial charge on any atom is 0.220 e. The van der Waals surface area contributed by atoms with Gasteiger partial charge in [0.15, 0.2) is 0 Å². The summed E-state index contributed by atoms with van der Waals surface area (Å²) in [6.07, 6.45) is 58.3. The minimum absolute atomic E-state index is 0.0340. The first kappa shape index (κ1) is 50.6. The van der Waals surface area contributed by atoms with Crippen LogP contribution in [0.4, 0.5) is 0 Å². The number of rotatable bonds is 42. The van der Waals surface area contributed by atoms with E-state index >= 15 is 0 Å². The fourth-order valence-electron chi connectivity index (χ4n) is 7.07. The number of carbonyl (C=O) groups excluding carboxylic acids is 1. The van der Waals surface area contributed by atoms with E-state index < -0.39 is 12.1 Å². The molecule has 0 radical (unpaired) electrons. The highest BCUT2D eigenvalue weighted by Gasteiger charge is 2.20. The second-order valence-corrected chi connectivity index (χ2v) is 15.8. The van der Waals surface area contributed by atoms with Gasteiger partial charge in [0.2, 0.25) is 5.91 Å². The number of hydrogen-bond acceptors (Lipinski definition) is 3. The zero-order valence-electron chi connectivity index (χ0n) is 35.1. The molecule has 2 unspecified atom stereocenters. The van der Waals surface area contributed by atoms with Gasteiger partial charge in [-0.25, -0.2) is 0 Å². The number of allylic oxidation sites excluding steroid dienone is 6. The van der Waals surface area contributed by atoms with Crippen molar-refractivity contribution < 1.29 is 15.0 Å². The van der Waals surface area contributed by atoms with E-state index in [9.17, 15) is 15.0 Å². The molecule has 0 rings (SSSR count). The Bertz CT molecular complexity index is 790. The van der Waals surface area contributed by atoms with Gasteiger partial charge in [-0.05, 0) is 51.4 Å². The molecule has 0 aliphatic carbocycles. The molecule has 0 aromatic carbocycles. The molecule has 2 atom stereocenters. The summed E-state index contributed by atoms with van der Waals surface area (Å²) >= 11 is 0. The lowest BCUT2D eigenvalue weighted by Gasteiger charge is -2.22. The van der Waals surface area contributed by atoms with E-state index in [-0.39, 0.29) is 12.5 Å². The van der Waals surface area contributed by atoms with Crippen LogP contribution in [-0.4, -0.2) is 34.9 Å². The summed E-state index contributed by atoms with van der Waals surface area (Å²) in [5, 5.41) is 22.9. The van der Waals surface area contributed by atoms with Crippen LogP contribution in [0.5, 0.6) is 0 Å². The monoisotopic (exact) mass is 730 g/mol. The van der Waals surface area contributed by atoms with Gasteiger partial charge >= 0.3 is 0 Å². The molecule has 0 aromatic heterocycles. The van der Waals surface area contributed by atoms with Gasteiger partial charge < -0.3 is 15.5 Å². The normalized spacial score (nSPS) is 13.2. The fourth-order valence-corrected chi connectivity index (χ4v) is 7.07. The third kappa shape index (κ3) is 39.8. The predicted octanol–water partition coefficient (Wildman–Crippen LogP) is 14.6. The van der Waals surface area contributed by atoms with Crippen LogP contribution in [0.2, 0.25) is 0 Å². The van der Waals surface area contributed by atoms with E-state index in [1.54, 1.807) is 0 Å². The first-order chi connectivity index (χ1) is 25.7. The molecule has 0 fully saturated rings. The first-order valence-electron chi connectivity index (χ1n) is 23.2. The Morgan fingerprint density at radius 1 is 0.462 bits per heavy atom. The molecule has 0 heterocycles. The lowest BCUT2D eigenvalue weighted by atomic mass is 10.0. The van der Waals surface area contributed by atoms with Crippen molar-refractivity contribution >= 4 is 5.91 Å². The molecule has 306 valence electrons. The Morgan fingerprint density at radius 3 is 1.17 bits per heavy atom. The second-order valence-electron chi connectivity index (χ2n) is 15.8. The van der Waals surface area contributed by atoms with Crippen molar-refractivity contribution in [2.24, 2.45) is 0 Å². The average molecular weight is 730 g/mol. The van der Waals surface area contributed by atoms with Crippen LogP contribution in [0.25, 0.3) is 0 Å². The van der Waals surface area contributed by atoms with Crippen molar-refractivity contribution in [1.82, 2.24) is 5.32 Å². The summed E-state index contributed by atoms with van der Waals surface area (Å²) in [5.41, 5.74) is 0. The van der Waals surface area contributed by atoms with Crippen LogP contribution in [-0.2, 0) is 4.79 Å². The van der Waals surface area contributed by atoms with Gasteiger partial charge in [0.05, 0.1) is 18.8 Å². The summed E-state index contributed by atoms with van der Waals surface area (Å²) in [6, 6.07) is -0.531. The third-order valence-corrected chi connectivity index (χ3v) is 10.7. The molecule has 4 nitrogen and oxygen atoms in total. The average Bonchev–Trinajstić information content (AvgIpc) is 3.15.